The third-order valence-corrected chi connectivity index (χ3v) is 4.12. The van der Waals surface area contributed by atoms with Gasteiger partial charge in [0.15, 0.2) is 6.61 Å². The van der Waals surface area contributed by atoms with E-state index >= 15 is 0 Å². The van der Waals surface area contributed by atoms with Crippen LogP contribution in [0, 0.1) is 12.3 Å². The molecule has 1 amide bonds. The van der Waals surface area contributed by atoms with Gasteiger partial charge in [-0.15, -0.1) is 11.5 Å². The third kappa shape index (κ3) is 3.79. The molecule has 0 saturated carbocycles. The van der Waals surface area contributed by atoms with E-state index in [2.05, 4.69) is 26.4 Å². The first-order valence-corrected chi connectivity index (χ1v) is 8.33. The van der Waals surface area contributed by atoms with Gasteiger partial charge in [0, 0.05) is 23.5 Å². The number of pyridine rings is 1. The Hall–Kier alpha value is -3.44. The fourth-order valence-corrected chi connectivity index (χ4v) is 2.85. The second-order valence-electron chi connectivity index (χ2n) is 4.94. The molecule has 0 aliphatic heterocycles. The number of carbonyl (C=O) groups is 1. The predicted molar refractivity (Wildman–Crippen MR) is 98.4 cm³/mol. The maximum Gasteiger partial charge on any atom is 0.296 e. The van der Waals surface area contributed by atoms with E-state index in [1.54, 1.807) is 25.6 Å². The highest BCUT2D eigenvalue weighted by atomic mass is 32.1. The standard InChI is InChI=1S/C18H14N4O3S/c1-3-10-25-18-22-21-17(26-18)20-16(23)13-8-9-19-11-14(13)12-6-4-5-7-15(12)24-2/h1,4-9,11H,10H2,2H3,(H,20,21,23). The first kappa shape index (κ1) is 17.4. The number of terminal acetylenes is 1. The molecule has 0 aliphatic carbocycles. The largest absolute Gasteiger partial charge is 0.496 e. The number of hydrogen-bond donors (Lipinski definition) is 1. The number of nitrogens with one attached hydrogen (secondary N) is 1. The van der Waals surface area contributed by atoms with Gasteiger partial charge in [0.2, 0.25) is 5.13 Å². The van der Waals surface area contributed by atoms with E-state index in [1.807, 2.05) is 24.3 Å². The number of para-hydroxylation sites is 1. The average molecular weight is 366 g/mol. The van der Waals surface area contributed by atoms with Crippen LogP contribution in [-0.2, 0) is 0 Å². The lowest BCUT2D eigenvalue weighted by molar-refractivity contribution is 0.102. The molecule has 0 radical (unpaired) electrons. The topological polar surface area (TPSA) is 86.2 Å². The number of amides is 1. The lowest BCUT2D eigenvalue weighted by Gasteiger charge is -2.11. The highest BCUT2D eigenvalue weighted by molar-refractivity contribution is 7.17. The highest BCUT2D eigenvalue weighted by Crippen LogP contribution is 2.32. The van der Waals surface area contributed by atoms with Crippen molar-refractivity contribution in [3.05, 3.63) is 48.3 Å². The quantitative estimate of drug-likeness (QED) is 0.675. The zero-order valence-corrected chi connectivity index (χ0v) is 14.6. The monoisotopic (exact) mass is 366 g/mol. The normalized spacial score (nSPS) is 10.0. The Bertz CT molecular complexity index is 965. The molecule has 0 saturated heterocycles. The number of methoxy groups -OCH3 is 1. The molecule has 0 atom stereocenters. The van der Waals surface area contributed by atoms with Crippen LogP contribution >= 0.6 is 11.3 Å². The van der Waals surface area contributed by atoms with Crippen LogP contribution in [0.3, 0.4) is 0 Å². The zero-order chi connectivity index (χ0) is 18.4. The van der Waals surface area contributed by atoms with Crippen molar-refractivity contribution in [2.75, 3.05) is 19.0 Å². The molecule has 0 bridgehead atoms. The van der Waals surface area contributed by atoms with Crippen LogP contribution in [0.4, 0.5) is 5.13 Å². The van der Waals surface area contributed by atoms with E-state index in [-0.39, 0.29) is 17.7 Å². The van der Waals surface area contributed by atoms with Crippen LogP contribution in [-0.4, -0.2) is 34.8 Å². The molecule has 8 heteroatoms. The van der Waals surface area contributed by atoms with E-state index in [0.717, 1.165) is 16.9 Å². The van der Waals surface area contributed by atoms with Gasteiger partial charge in [-0.1, -0.05) is 29.2 Å². The minimum atomic E-state index is -0.340. The van der Waals surface area contributed by atoms with Crippen molar-refractivity contribution in [2.24, 2.45) is 0 Å². The maximum absolute atomic E-state index is 12.7. The van der Waals surface area contributed by atoms with Crippen LogP contribution in [0.25, 0.3) is 11.1 Å². The number of ether oxygens (including phenoxy) is 2. The van der Waals surface area contributed by atoms with Gasteiger partial charge in [0.25, 0.3) is 11.1 Å². The van der Waals surface area contributed by atoms with Gasteiger partial charge in [-0.3, -0.25) is 15.1 Å². The first-order valence-electron chi connectivity index (χ1n) is 7.51. The summed E-state index contributed by atoms with van der Waals surface area (Å²) in [6.07, 6.45) is 8.30. The van der Waals surface area contributed by atoms with E-state index in [0.29, 0.717) is 22.0 Å². The second-order valence-corrected chi connectivity index (χ2v) is 5.88. The molecule has 1 aromatic carbocycles. The SMILES string of the molecule is C#CCOc1nnc(NC(=O)c2ccncc2-c2ccccc2OC)s1. The van der Waals surface area contributed by atoms with Gasteiger partial charge in [-0.05, 0) is 23.5 Å². The molecule has 1 N–H and O–H groups in total. The fraction of sp³-hybridized carbons (Fsp3) is 0.111. The number of anilines is 1. The number of carbonyl (C=O) groups excluding carboxylic acids is 1. The molecule has 26 heavy (non-hydrogen) atoms. The van der Waals surface area contributed by atoms with Crippen LogP contribution in [0.2, 0.25) is 0 Å². The molecule has 130 valence electrons. The van der Waals surface area contributed by atoms with Crippen LogP contribution in [0.5, 0.6) is 10.9 Å². The number of benzene rings is 1. The van der Waals surface area contributed by atoms with Crippen LogP contribution < -0.4 is 14.8 Å². The van der Waals surface area contributed by atoms with Gasteiger partial charge in [0.05, 0.1) is 12.7 Å². The second kappa shape index (κ2) is 8.09. The molecule has 2 aromatic heterocycles. The number of rotatable bonds is 6. The fourth-order valence-electron chi connectivity index (χ4n) is 2.26. The summed E-state index contributed by atoms with van der Waals surface area (Å²) in [5.74, 6) is 2.65. The first-order chi connectivity index (χ1) is 12.7. The van der Waals surface area contributed by atoms with Crippen molar-refractivity contribution < 1.29 is 14.3 Å². The molecule has 7 nitrogen and oxygen atoms in total. The smallest absolute Gasteiger partial charge is 0.296 e. The Morgan fingerprint density at radius 3 is 2.92 bits per heavy atom. The van der Waals surface area contributed by atoms with Gasteiger partial charge < -0.3 is 9.47 Å². The van der Waals surface area contributed by atoms with Crippen molar-refractivity contribution >= 4 is 22.4 Å². The summed E-state index contributed by atoms with van der Waals surface area (Å²) in [5, 5.41) is 11.0. The molecule has 0 spiro atoms. The highest BCUT2D eigenvalue weighted by Gasteiger charge is 2.17. The molecule has 0 fully saturated rings. The number of nitrogens with zero attached hydrogens (tertiary/aromatic N) is 3. The average Bonchev–Trinajstić information content (AvgIpc) is 3.13. The molecule has 2 heterocycles. The van der Waals surface area contributed by atoms with E-state index < -0.39 is 0 Å². The number of aromatic nitrogens is 3. The Balaban J connectivity index is 1.87. The van der Waals surface area contributed by atoms with Gasteiger partial charge in [0.1, 0.15) is 5.75 Å². The maximum atomic E-state index is 12.7. The van der Waals surface area contributed by atoms with Gasteiger partial charge >= 0.3 is 0 Å². The van der Waals surface area contributed by atoms with E-state index in [9.17, 15) is 4.79 Å². The van der Waals surface area contributed by atoms with Crippen LogP contribution in [0.1, 0.15) is 10.4 Å². The Morgan fingerprint density at radius 1 is 1.27 bits per heavy atom. The van der Waals surface area contributed by atoms with Crippen molar-refractivity contribution in [1.82, 2.24) is 15.2 Å². The molecule has 0 aliphatic rings. The Kier molecular flexibility index (Phi) is 5.41. The van der Waals surface area contributed by atoms with Crippen molar-refractivity contribution in [3.8, 4) is 34.4 Å². The Labute approximate surface area is 154 Å². The zero-order valence-electron chi connectivity index (χ0n) is 13.8. The van der Waals surface area contributed by atoms with Crippen molar-refractivity contribution in [3.63, 3.8) is 0 Å². The molecule has 3 aromatic rings. The lowest BCUT2D eigenvalue weighted by Crippen LogP contribution is -2.13. The summed E-state index contributed by atoms with van der Waals surface area (Å²) in [6.45, 7) is 0.0882. The molecular formula is C18H14N4O3S. The summed E-state index contributed by atoms with van der Waals surface area (Å²) in [7, 11) is 1.58. The summed E-state index contributed by atoms with van der Waals surface area (Å²) < 4.78 is 10.6. The van der Waals surface area contributed by atoms with E-state index in [1.165, 1.54) is 0 Å². The van der Waals surface area contributed by atoms with Crippen molar-refractivity contribution in [2.45, 2.75) is 0 Å². The number of hydrogen-bond acceptors (Lipinski definition) is 7. The van der Waals surface area contributed by atoms with E-state index in [4.69, 9.17) is 15.9 Å². The molecule has 3 rings (SSSR count). The minimum absolute atomic E-state index is 0.0882. The lowest BCUT2D eigenvalue weighted by atomic mass is 10.0. The minimum Gasteiger partial charge on any atom is -0.496 e. The predicted octanol–water partition coefficient (Wildman–Crippen LogP) is 2.87. The third-order valence-electron chi connectivity index (χ3n) is 3.37. The summed E-state index contributed by atoms with van der Waals surface area (Å²) in [6, 6.07) is 9.05. The Morgan fingerprint density at radius 2 is 2.12 bits per heavy atom. The van der Waals surface area contributed by atoms with Gasteiger partial charge in [-0.2, -0.15) is 0 Å². The van der Waals surface area contributed by atoms with Gasteiger partial charge in [-0.25, -0.2) is 0 Å². The summed E-state index contributed by atoms with van der Waals surface area (Å²) in [4.78, 5) is 16.8. The summed E-state index contributed by atoms with van der Waals surface area (Å²) >= 11 is 1.09. The van der Waals surface area contributed by atoms with Crippen LogP contribution in [0.15, 0.2) is 42.7 Å². The summed E-state index contributed by atoms with van der Waals surface area (Å²) in [5.41, 5.74) is 1.85. The molecule has 0 unspecified atom stereocenters. The van der Waals surface area contributed by atoms with Crippen molar-refractivity contribution in [1.29, 1.82) is 0 Å². The molecular weight excluding hydrogens is 352 g/mol.